The zero-order valence-electron chi connectivity index (χ0n) is 14.0. The van der Waals surface area contributed by atoms with Gasteiger partial charge in [-0.05, 0) is 0 Å². The molecule has 9 nitrogen and oxygen atoms in total. The molecule has 96 valence electrons. The summed E-state index contributed by atoms with van der Waals surface area (Å²) in [5.74, 6) is 0. The third kappa shape index (κ3) is 354. The van der Waals surface area contributed by atoms with Crippen LogP contribution in [0.5, 0.6) is 0 Å². The van der Waals surface area contributed by atoms with Crippen molar-refractivity contribution in [2.75, 3.05) is 0 Å². The van der Waals surface area contributed by atoms with Crippen LogP contribution in [-0.2, 0) is 11.2 Å². The first-order valence-corrected chi connectivity index (χ1v) is 15.5. The Kier molecular flexibility index (Phi) is 78.1. The van der Waals surface area contributed by atoms with Crippen LogP contribution in [0.1, 0.15) is 0 Å². The Morgan fingerprint density at radius 2 is 0.429 bits per heavy atom. The average Bonchev–Trinajstić information content (AvgIpc) is 1.41. The molecule has 0 aromatic heterocycles. The molecule has 0 aromatic carbocycles. The fraction of sp³-hybridized carbons (Fsp3) is 1.00. The van der Waals surface area contributed by atoms with Crippen LogP contribution in [0.15, 0.2) is 0 Å². The van der Waals surface area contributed by atoms with E-state index in [0.29, 0.717) is 17.1 Å². The van der Waals surface area contributed by atoms with Gasteiger partial charge in [-0.25, -0.2) is 0 Å². The summed E-state index contributed by atoms with van der Waals surface area (Å²) >= 11 is -13.9. The van der Waals surface area contributed by atoms with Gasteiger partial charge in [0, 0.05) is 0 Å². The monoisotopic (exact) mass is 552 g/mol. The van der Waals surface area contributed by atoms with Crippen molar-refractivity contribution in [3.8, 4) is 0 Å². The molecule has 0 aliphatic heterocycles. The zero-order valence-corrected chi connectivity index (χ0v) is 31.6. The summed E-state index contributed by atoms with van der Waals surface area (Å²) in [6.07, 6.45) is 0. The summed E-state index contributed by atoms with van der Waals surface area (Å²) in [6.45, 7) is 0. The molecule has 0 bridgehead atoms. The van der Waals surface area contributed by atoms with E-state index in [1.165, 1.54) is 0 Å². The van der Waals surface area contributed by atoms with Crippen LogP contribution >= 0.6 is 0 Å². The Morgan fingerprint density at radius 1 is 0.429 bits per heavy atom. The SMILES string of the molecule is C[As](=O)([O-])[O-].C[As](=O)([O-])[O-].C[As](=O)([O-])[O-].[Na+].[Na+].[Na+].[Na+].[Na+].[Na+]. The second-order valence-electron chi connectivity index (χ2n) is 2.31. The molecular formula is C3H9As3Na6O9. The Morgan fingerprint density at radius 3 is 0.429 bits per heavy atom. The summed E-state index contributed by atoms with van der Waals surface area (Å²) in [4.78, 5) is 0. The van der Waals surface area contributed by atoms with Gasteiger partial charge in [0.25, 0.3) is 0 Å². The van der Waals surface area contributed by atoms with Gasteiger partial charge in [0.15, 0.2) is 0 Å². The van der Waals surface area contributed by atoms with Crippen molar-refractivity contribution in [2.24, 2.45) is 0 Å². The molecule has 21 heavy (non-hydrogen) atoms. The molecule has 0 radical (unpaired) electrons. The van der Waals surface area contributed by atoms with Crippen molar-refractivity contribution >= 4 is 42.5 Å². The first-order valence-electron chi connectivity index (χ1n) is 2.98. The standard InChI is InChI=1S/3CH5AsO3.6Na/c3*1-2(3,4)5;;;;;;/h3*1H3,(H2,3,4,5);;;;;;/q;;;6*+1/p-6. The van der Waals surface area contributed by atoms with Gasteiger partial charge >= 0.3 is 273 Å². The van der Waals surface area contributed by atoms with Crippen LogP contribution in [0, 0.1) is 0 Å². The predicted octanol–water partition coefficient (Wildman–Crippen LogP) is -24.9. The quantitative estimate of drug-likeness (QED) is 0.263. The molecule has 0 aliphatic rings. The van der Waals surface area contributed by atoms with Gasteiger partial charge in [0.05, 0.1) is 0 Å². The van der Waals surface area contributed by atoms with E-state index in [4.69, 9.17) is 35.8 Å². The third-order valence-electron chi connectivity index (χ3n) is 0. The maximum atomic E-state index is 9.16. The molecule has 0 unspecified atom stereocenters. The van der Waals surface area contributed by atoms with E-state index in [0.717, 1.165) is 0 Å². The van der Waals surface area contributed by atoms with Crippen molar-refractivity contribution in [2.45, 2.75) is 17.1 Å². The predicted molar refractivity (Wildman–Crippen MR) is 36.9 cm³/mol. The summed E-state index contributed by atoms with van der Waals surface area (Å²) in [5.41, 5.74) is 2.08. The average molecular weight is 552 g/mol. The molecule has 0 N–H and O–H groups in total. The van der Waals surface area contributed by atoms with E-state index in [1.54, 1.807) is 0 Å². The maximum Gasteiger partial charge on any atom is 1.00 e. The molecule has 0 saturated carbocycles. The van der Waals surface area contributed by atoms with E-state index in [2.05, 4.69) is 0 Å². The van der Waals surface area contributed by atoms with Crippen molar-refractivity contribution in [3.63, 3.8) is 0 Å². The molecule has 0 spiro atoms. The van der Waals surface area contributed by atoms with Gasteiger partial charge in [0.1, 0.15) is 0 Å². The second kappa shape index (κ2) is 29.0. The van der Waals surface area contributed by atoms with E-state index in [1.807, 2.05) is 0 Å². The van der Waals surface area contributed by atoms with Crippen LogP contribution in [0.2, 0.25) is 17.1 Å². The van der Waals surface area contributed by atoms with Gasteiger partial charge in [-0.2, -0.15) is 0 Å². The van der Waals surface area contributed by atoms with Crippen LogP contribution in [0.4, 0.5) is 0 Å². The largest absolute Gasteiger partial charge is 1.00 e. The minimum atomic E-state index is -4.62. The summed E-state index contributed by atoms with van der Waals surface area (Å²) in [6, 6.07) is 0. The van der Waals surface area contributed by atoms with Crippen molar-refractivity contribution in [3.05, 3.63) is 0 Å². The van der Waals surface area contributed by atoms with E-state index in [9.17, 15) is 0 Å². The molecule has 0 atom stereocenters. The van der Waals surface area contributed by atoms with Gasteiger partial charge in [-0.3, -0.25) is 0 Å². The minimum absolute atomic E-state index is 0. The fourth-order valence-electron chi connectivity index (χ4n) is 0. The maximum absolute atomic E-state index is 9.16. The smallest absolute Gasteiger partial charge is 1.00 e. The third-order valence-corrected chi connectivity index (χ3v) is 0. The first-order chi connectivity index (χ1) is 6.00. The van der Waals surface area contributed by atoms with Crippen LogP contribution in [0.3, 0.4) is 0 Å². The summed E-state index contributed by atoms with van der Waals surface area (Å²) in [5, 5.41) is 0. The molecule has 0 fully saturated rings. The topological polar surface area (TPSA) is 190 Å². The Bertz CT molecular complexity index is 225. The van der Waals surface area contributed by atoms with Crippen LogP contribution in [-0.4, -0.2) is 42.5 Å². The van der Waals surface area contributed by atoms with Crippen molar-refractivity contribution < 1.29 is 213 Å². The molecule has 0 aromatic rings. The zero-order chi connectivity index (χ0) is 13.5. The fourth-order valence-corrected chi connectivity index (χ4v) is 0. The van der Waals surface area contributed by atoms with Crippen LogP contribution < -0.4 is 202 Å². The Balaban J connectivity index is -0.0000000129. The molecular weight excluding hydrogens is 543 g/mol. The van der Waals surface area contributed by atoms with Gasteiger partial charge in [0.2, 0.25) is 0 Å². The molecule has 0 rings (SSSR count). The first kappa shape index (κ1) is 56.5. The minimum Gasteiger partial charge on any atom is 1.00 e. The van der Waals surface area contributed by atoms with Gasteiger partial charge in [-0.1, -0.05) is 0 Å². The van der Waals surface area contributed by atoms with Crippen molar-refractivity contribution in [1.82, 2.24) is 0 Å². The van der Waals surface area contributed by atoms with Crippen molar-refractivity contribution in [1.29, 1.82) is 0 Å². The molecule has 0 aliphatic carbocycles. The van der Waals surface area contributed by atoms with E-state index in [-0.39, 0.29) is 177 Å². The molecule has 0 amide bonds. The molecule has 0 saturated heterocycles. The number of hydrogen-bond acceptors (Lipinski definition) is 9. The number of rotatable bonds is 0. The Labute approximate surface area is 266 Å². The van der Waals surface area contributed by atoms with E-state index >= 15 is 0 Å². The second-order valence-corrected chi connectivity index (χ2v) is 12.0. The molecule has 18 heteroatoms. The van der Waals surface area contributed by atoms with Gasteiger partial charge < -0.3 is 0 Å². The Hall–Kier alpha value is 6.84. The van der Waals surface area contributed by atoms with E-state index < -0.39 is 42.5 Å². The molecule has 0 heterocycles. The van der Waals surface area contributed by atoms with Gasteiger partial charge in [-0.15, -0.1) is 0 Å². The number of hydrogen-bond donors (Lipinski definition) is 0. The van der Waals surface area contributed by atoms with Crippen LogP contribution in [0.25, 0.3) is 0 Å². The summed E-state index contributed by atoms with van der Waals surface area (Å²) in [7, 11) is 0. The summed E-state index contributed by atoms with van der Waals surface area (Å²) < 4.78 is 82.5. The normalized spacial score (nSPS) is 8.43.